The summed E-state index contributed by atoms with van der Waals surface area (Å²) in [6, 6.07) is 0. The van der Waals surface area contributed by atoms with Crippen molar-refractivity contribution in [2.75, 3.05) is 6.61 Å². The standard InChI is InChI=1S/C7H10N2O/c1-2-7-8-5-6(9-7)3-4-10/h2,5,10H,1,3-4H2,(H,8,9). The van der Waals surface area contributed by atoms with Gasteiger partial charge >= 0.3 is 0 Å². The van der Waals surface area contributed by atoms with Gasteiger partial charge in [0.05, 0.1) is 0 Å². The normalized spacial score (nSPS) is 9.70. The maximum absolute atomic E-state index is 8.53. The Morgan fingerprint density at radius 2 is 2.60 bits per heavy atom. The Bertz CT molecular complexity index is 217. The largest absolute Gasteiger partial charge is 0.396 e. The number of hydrogen-bond acceptors (Lipinski definition) is 2. The van der Waals surface area contributed by atoms with E-state index in [9.17, 15) is 0 Å². The van der Waals surface area contributed by atoms with Crippen molar-refractivity contribution in [3.05, 3.63) is 24.3 Å². The molecule has 0 atom stereocenters. The Morgan fingerprint density at radius 1 is 1.80 bits per heavy atom. The molecule has 0 amide bonds. The molecule has 0 bridgehead atoms. The quantitative estimate of drug-likeness (QED) is 0.642. The zero-order valence-corrected chi connectivity index (χ0v) is 5.67. The van der Waals surface area contributed by atoms with E-state index >= 15 is 0 Å². The Balaban J connectivity index is 2.68. The summed E-state index contributed by atoms with van der Waals surface area (Å²) in [5.74, 6) is 0.753. The van der Waals surface area contributed by atoms with Crippen molar-refractivity contribution in [2.45, 2.75) is 6.42 Å². The average Bonchev–Trinajstić information content (AvgIpc) is 2.37. The fourth-order valence-electron chi connectivity index (χ4n) is 0.728. The van der Waals surface area contributed by atoms with Crippen molar-refractivity contribution in [3.63, 3.8) is 0 Å². The molecule has 0 aliphatic carbocycles. The number of aliphatic hydroxyl groups excluding tert-OH is 1. The van der Waals surface area contributed by atoms with Crippen LogP contribution in [0.25, 0.3) is 6.08 Å². The van der Waals surface area contributed by atoms with E-state index in [4.69, 9.17) is 5.11 Å². The molecular weight excluding hydrogens is 128 g/mol. The van der Waals surface area contributed by atoms with Crippen LogP contribution in [0, 0.1) is 0 Å². The van der Waals surface area contributed by atoms with Gasteiger partial charge in [0.25, 0.3) is 0 Å². The van der Waals surface area contributed by atoms with Crippen molar-refractivity contribution in [3.8, 4) is 0 Å². The van der Waals surface area contributed by atoms with Crippen molar-refractivity contribution < 1.29 is 5.11 Å². The maximum atomic E-state index is 8.53. The Labute approximate surface area is 59.4 Å². The van der Waals surface area contributed by atoms with Gasteiger partial charge in [-0.2, -0.15) is 0 Å². The molecule has 1 aromatic rings. The van der Waals surface area contributed by atoms with Gasteiger partial charge in [0, 0.05) is 24.9 Å². The van der Waals surface area contributed by atoms with Crippen LogP contribution in [-0.2, 0) is 6.42 Å². The molecule has 1 heterocycles. The van der Waals surface area contributed by atoms with Gasteiger partial charge < -0.3 is 10.1 Å². The number of nitrogens with one attached hydrogen (secondary N) is 1. The minimum atomic E-state index is 0.152. The van der Waals surface area contributed by atoms with E-state index in [1.807, 2.05) is 0 Å². The zero-order valence-electron chi connectivity index (χ0n) is 5.67. The van der Waals surface area contributed by atoms with Gasteiger partial charge in [-0.3, -0.25) is 0 Å². The van der Waals surface area contributed by atoms with Crippen molar-refractivity contribution in [1.82, 2.24) is 9.97 Å². The van der Waals surface area contributed by atoms with Gasteiger partial charge in [-0.15, -0.1) is 0 Å². The third-order valence-electron chi connectivity index (χ3n) is 1.22. The summed E-state index contributed by atoms with van der Waals surface area (Å²) in [7, 11) is 0. The van der Waals surface area contributed by atoms with Crippen LogP contribution >= 0.6 is 0 Å². The van der Waals surface area contributed by atoms with E-state index in [0.717, 1.165) is 11.5 Å². The molecule has 0 aliphatic heterocycles. The second kappa shape index (κ2) is 3.17. The molecule has 1 aromatic heterocycles. The topological polar surface area (TPSA) is 48.9 Å². The van der Waals surface area contributed by atoms with Gasteiger partial charge in [0.15, 0.2) is 0 Å². The number of aromatic amines is 1. The molecule has 3 heteroatoms. The van der Waals surface area contributed by atoms with Crippen LogP contribution in [0.15, 0.2) is 12.8 Å². The molecule has 0 unspecified atom stereocenters. The number of H-pyrrole nitrogens is 1. The van der Waals surface area contributed by atoms with E-state index in [-0.39, 0.29) is 6.61 Å². The van der Waals surface area contributed by atoms with Gasteiger partial charge in [-0.25, -0.2) is 4.98 Å². The van der Waals surface area contributed by atoms with E-state index < -0.39 is 0 Å². The summed E-state index contributed by atoms with van der Waals surface area (Å²) < 4.78 is 0. The molecule has 0 fully saturated rings. The lowest BCUT2D eigenvalue weighted by Crippen LogP contribution is -1.89. The molecule has 2 N–H and O–H groups in total. The van der Waals surface area contributed by atoms with E-state index in [2.05, 4.69) is 16.5 Å². The number of imidazole rings is 1. The smallest absolute Gasteiger partial charge is 0.129 e. The van der Waals surface area contributed by atoms with Gasteiger partial charge in [-0.1, -0.05) is 6.58 Å². The van der Waals surface area contributed by atoms with Crippen LogP contribution in [0.4, 0.5) is 0 Å². The SMILES string of the molecule is C=Cc1ncc(CCO)[nH]1. The Hall–Kier alpha value is -1.09. The highest BCUT2D eigenvalue weighted by molar-refractivity contribution is 5.36. The van der Waals surface area contributed by atoms with Crippen molar-refractivity contribution in [2.24, 2.45) is 0 Å². The molecule has 0 radical (unpaired) electrons. The third-order valence-corrected chi connectivity index (χ3v) is 1.22. The first kappa shape index (κ1) is 7.02. The van der Waals surface area contributed by atoms with Gasteiger partial charge in [-0.05, 0) is 6.08 Å². The van der Waals surface area contributed by atoms with Crippen LogP contribution in [0.2, 0.25) is 0 Å². The van der Waals surface area contributed by atoms with E-state index in [0.29, 0.717) is 6.42 Å². The molecular formula is C7H10N2O. The first-order valence-electron chi connectivity index (χ1n) is 3.14. The Morgan fingerprint density at radius 3 is 3.10 bits per heavy atom. The minimum Gasteiger partial charge on any atom is -0.396 e. The monoisotopic (exact) mass is 138 g/mol. The van der Waals surface area contributed by atoms with Crippen LogP contribution in [0.5, 0.6) is 0 Å². The lowest BCUT2D eigenvalue weighted by atomic mass is 10.4. The third kappa shape index (κ3) is 1.45. The number of nitrogens with zero attached hydrogens (tertiary/aromatic N) is 1. The Kier molecular flexibility index (Phi) is 2.23. The van der Waals surface area contributed by atoms with E-state index in [1.54, 1.807) is 12.3 Å². The fraction of sp³-hybridized carbons (Fsp3) is 0.286. The number of aliphatic hydroxyl groups is 1. The predicted molar refractivity (Wildman–Crippen MR) is 39.5 cm³/mol. The molecule has 0 spiro atoms. The molecule has 1 rings (SSSR count). The summed E-state index contributed by atoms with van der Waals surface area (Å²) in [4.78, 5) is 6.94. The van der Waals surface area contributed by atoms with Crippen LogP contribution in [0.1, 0.15) is 11.5 Å². The summed E-state index contributed by atoms with van der Waals surface area (Å²) in [5.41, 5.74) is 0.942. The van der Waals surface area contributed by atoms with Crippen LogP contribution in [-0.4, -0.2) is 21.7 Å². The molecule has 0 saturated heterocycles. The lowest BCUT2D eigenvalue weighted by Gasteiger charge is -1.87. The highest BCUT2D eigenvalue weighted by Crippen LogP contribution is 1.97. The number of rotatable bonds is 3. The maximum Gasteiger partial charge on any atom is 0.129 e. The first-order chi connectivity index (χ1) is 4.86. The molecule has 0 aromatic carbocycles. The lowest BCUT2D eigenvalue weighted by molar-refractivity contribution is 0.298. The summed E-state index contributed by atoms with van der Waals surface area (Å²) in [5, 5.41) is 8.53. The highest BCUT2D eigenvalue weighted by Gasteiger charge is 1.94. The number of hydrogen-bond donors (Lipinski definition) is 2. The van der Waals surface area contributed by atoms with Gasteiger partial charge in [0.2, 0.25) is 0 Å². The zero-order chi connectivity index (χ0) is 7.40. The number of aromatic nitrogens is 2. The summed E-state index contributed by atoms with van der Waals surface area (Å²) in [6.45, 7) is 3.70. The van der Waals surface area contributed by atoms with Crippen LogP contribution < -0.4 is 0 Å². The summed E-state index contributed by atoms with van der Waals surface area (Å²) >= 11 is 0. The van der Waals surface area contributed by atoms with Crippen molar-refractivity contribution >= 4 is 6.08 Å². The molecule has 3 nitrogen and oxygen atoms in total. The molecule has 10 heavy (non-hydrogen) atoms. The second-order valence-corrected chi connectivity index (χ2v) is 1.97. The van der Waals surface area contributed by atoms with Crippen LogP contribution in [0.3, 0.4) is 0 Å². The first-order valence-corrected chi connectivity index (χ1v) is 3.14. The summed E-state index contributed by atoms with van der Waals surface area (Å²) in [6.07, 6.45) is 3.97. The average molecular weight is 138 g/mol. The molecule has 0 aliphatic rings. The van der Waals surface area contributed by atoms with E-state index in [1.165, 1.54) is 0 Å². The van der Waals surface area contributed by atoms with Crippen molar-refractivity contribution in [1.29, 1.82) is 0 Å². The molecule has 0 saturated carbocycles. The predicted octanol–water partition coefficient (Wildman–Crippen LogP) is 0.588. The highest BCUT2D eigenvalue weighted by atomic mass is 16.3. The molecule has 54 valence electrons. The fourth-order valence-corrected chi connectivity index (χ4v) is 0.728. The van der Waals surface area contributed by atoms with Gasteiger partial charge in [0.1, 0.15) is 5.82 Å². The second-order valence-electron chi connectivity index (χ2n) is 1.97. The minimum absolute atomic E-state index is 0.152.